The molecular weight excluding hydrogens is 283 g/mol. The van der Waals surface area contributed by atoms with E-state index in [-0.39, 0.29) is 11.9 Å². The zero-order valence-corrected chi connectivity index (χ0v) is 13.8. The van der Waals surface area contributed by atoms with Crippen LogP contribution >= 0.6 is 0 Å². The minimum Gasteiger partial charge on any atom is -0.444 e. The molecule has 0 saturated carbocycles. The van der Waals surface area contributed by atoms with E-state index in [0.29, 0.717) is 19.1 Å². The first-order chi connectivity index (χ1) is 10.3. The lowest BCUT2D eigenvalue weighted by Crippen LogP contribution is -2.47. The second-order valence-corrected chi connectivity index (χ2v) is 6.79. The van der Waals surface area contributed by atoms with Crippen molar-refractivity contribution in [3.8, 4) is 0 Å². The van der Waals surface area contributed by atoms with Gasteiger partial charge in [0.2, 0.25) is 0 Å². The quantitative estimate of drug-likeness (QED) is 0.836. The summed E-state index contributed by atoms with van der Waals surface area (Å²) in [7, 11) is 1.97. The molecule has 122 valence electrons. The summed E-state index contributed by atoms with van der Waals surface area (Å²) >= 11 is 0. The number of ether oxygens (including phenoxy) is 1. The summed E-state index contributed by atoms with van der Waals surface area (Å²) in [6.07, 6.45) is 1.46. The number of carbonyl (C=O) groups excluding carboxylic acids is 1. The molecule has 1 amide bonds. The average Bonchev–Trinajstić information content (AvgIpc) is 2.45. The van der Waals surface area contributed by atoms with Crippen LogP contribution in [0, 0.1) is 5.82 Å². The van der Waals surface area contributed by atoms with Crippen molar-refractivity contribution in [2.45, 2.75) is 45.3 Å². The van der Waals surface area contributed by atoms with Gasteiger partial charge in [0.1, 0.15) is 11.4 Å². The minimum absolute atomic E-state index is 0.226. The highest BCUT2D eigenvalue weighted by Gasteiger charge is 2.28. The first kappa shape index (κ1) is 16.6. The Kier molecular flexibility index (Phi) is 4.94. The first-order valence-corrected chi connectivity index (χ1v) is 7.72. The Morgan fingerprint density at radius 1 is 1.32 bits per heavy atom. The van der Waals surface area contributed by atoms with E-state index in [1.54, 1.807) is 17.0 Å². The summed E-state index contributed by atoms with van der Waals surface area (Å²) in [6.45, 7) is 6.94. The maximum atomic E-state index is 13.3. The van der Waals surface area contributed by atoms with Crippen molar-refractivity contribution in [3.63, 3.8) is 0 Å². The lowest BCUT2D eigenvalue weighted by atomic mass is 10.0. The number of halogens is 1. The van der Waals surface area contributed by atoms with Crippen molar-refractivity contribution in [2.75, 3.05) is 25.0 Å². The molecule has 1 aliphatic rings. The van der Waals surface area contributed by atoms with E-state index in [1.807, 2.05) is 33.9 Å². The maximum absolute atomic E-state index is 13.3. The number of benzene rings is 1. The van der Waals surface area contributed by atoms with Crippen LogP contribution in [-0.2, 0) is 4.74 Å². The van der Waals surface area contributed by atoms with Gasteiger partial charge in [0, 0.05) is 31.9 Å². The molecule has 1 aromatic carbocycles. The monoisotopic (exact) mass is 308 g/mol. The van der Waals surface area contributed by atoms with E-state index in [9.17, 15) is 9.18 Å². The van der Waals surface area contributed by atoms with Crippen LogP contribution in [0.3, 0.4) is 0 Å². The van der Waals surface area contributed by atoms with Crippen molar-refractivity contribution in [1.82, 2.24) is 4.90 Å². The molecule has 0 spiro atoms. The Hall–Kier alpha value is -1.78. The topological polar surface area (TPSA) is 32.8 Å². The molecule has 0 radical (unpaired) electrons. The van der Waals surface area contributed by atoms with Crippen LogP contribution in [0.25, 0.3) is 0 Å². The average molecular weight is 308 g/mol. The fourth-order valence-corrected chi connectivity index (χ4v) is 2.67. The van der Waals surface area contributed by atoms with Gasteiger partial charge < -0.3 is 14.5 Å². The summed E-state index contributed by atoms with van der Waals surface area (Å²) in [4.78, 5) is 15.9. The number of likely N-dealkylation sites (tertiary alicyclic amines) is 1. The molecule has 22 heavy (non-hydrogen) atoms. The molecule has 2 rings (SSSR count). The molecule has 0 atom stereocenters. The third-order valence-electron chi connectivity index (χ3n) is 3.88. The molecule has 0 aromatic heterocycles. The lowest BCUT2D eigenvalue weighted by molar-refractivity contribution is 0.0205. The van der Waals surface area contributed by atoms with Gasteiger partial charge in [-0.3, -0.25) is 0 Å². The summed E-state index contributed by atoms with van der Waals surface area (Å²) in [5.41, 5.74) is 0.405. The summed E-state index contributed by atoms with van der Waals surface area (Å²) in [6, 6.07) is 6.92. The zero-order chi connectivity index (χ0) is 16.3. The maximum Gasteiger partial charge on any atom is 0.410 e. The number of rotatable bonds is 2. The Bertz CT molecular complexity index is 520. The summed E-state index contributed by atoms with van der Waals surface area (Å²) < 4.78 is 18.7. The van der Waals surface area contributed by atoms with E-state index in [1.165, 1.54) is 6.07 Å². The van der Waals surface area contributed by atoms with Crippen LogP contribution in [0.1, 0.15) is 33.6 Å². The van der Waals surface area contributed by atoms with E-state index >= 15 is 0 Å². The van der Waals surface area contributed by atoms with Gasteiger partial charge in [0.05, 0.1) is 0 Å². The number of anilines is 1. The van der Waals surface area contributed by atoms with Crippen LogP contribution in [-0.4, -0.2) is 42.8 Å². The number of amides is 1. The fourth-order valence-electron chi connectivity index (χ4n) is 2.67. The molecule has 1 fully saturated rings. The number of nitrogens with zero attached hydrogens (tertiary/aromatic N) is 2. The van der Waals surface area contributed by atoms with Crippen LogP contribution in [0.15, 0.2) is 24.3 Å². The third-order valence-corrected chi connectivity index (χ3v) is 3.88. The van der Waals surface area contributed by atoms with E-state index < -0.39 is 5.60 Å². The van der Waals surface area contributed by atoms with E-state index in [0.717, 1.165) is 18.5 Å². The standard InChI is InChI=1S/C17H25FN2O2/c1-17(2,3)22-16(21)20-10-8-14(9-11-20)19(4)15-7-5-6-13(18)12-15/h5-7,12,14H,8-11H2,1-4H3. The molecule has 0 aliphatic carbocycles. The Labute approximate surface area is 131 Å². The zero-order valence-electron chi connectivity index (χ0n) is 13.8. The smallest absolute Gasteiger partial charge is 0.410 e. The van der Waals surface area contributed by atoms with Gasteiger partial charge in [-0.15, -0.1) is 0 Å². The van der Waals surface area contributed by atoms with Crippen LogP contribution in [0.2, 0.25) is 0 Å². The van der Waals surface area contributed by atoms with Gasteiger partial charge in [-0.05, 0) is 51.8 Å². The normalized spacial score (nSPS) is 16.5. The largest absolute Gasteiger partial charge is 0.444 e. The van der Waals surface area contributed by atoms with E-state index in [4.69, 9.17) is 4.74 Å². The molecule has 0 bridgehead atoms. The van der Waals surface area contributed by atoms with Crippen molar-refractivity contribution in [3.05, 3.63) is 30.1 Å². The van der Waals surface area contributed by atoms with Crippen molar-refractivity contribution >= 4 is 11.8 Å². The van der Waals surface area contributed by atoms with Crippen molar-refractivity contribution in [1.29, 1.82) is 0 Å². The van der Waals surface area contributed by atoms with Gasteiger partial charge in [-0.1, -0.05) is 6.07 Å². The first-order valence-electron chi connectivity index (χ1n) is 7.72. The Balaban J connectivity index is 1.90. The lowest BCUT2D eigenvalue weighted by Gasteiger charge is -2.38. The molecule has 1 heterocycles. The Morgan fingerprint density at radius 2 is 1.95 bits per heavy atom. The fraction of sp³-hybridized carbons (Fsp3) is 0.588. The highest BCUT2D eigenvalue weighted by molar-refractivity contribution is 5.68. The summed E-state index contributed by atoms with van der Waals surface area (Å²) in [5.74, 6) is -0.226. The third kappa shape index (κ3) is 4.36. The van der Waals surface area contributed by atoms with E-state index in [2.05, 4.69) is 4.90 Å². The second-order valence-electron chi connectivity index (χ2n) is 6.79. The van der Waals surface area contributed by atoms with Gasteiger partial charge in [0.25, 0.3) is 0 Å². The van der Waals surface area contributed by atoms with Gasteiger partial charge in [0.15, 0.2) is 0 Å². The summed E-state index contributed by atoms with van der Waals surface area (Å²) in [5, 5.41) is 0. The molecule has 0 N–H and O–H groups in total. The molecular formula is C17H25FN2O2. The number of piperidine rings is 1. The molecule has 0 unspecified atom stereocenters. The number of hydrogen-bond donors (Lipinski definition) is 0. The van der Waals surface area contributed by atoms with Crippen LogP contribution < -0.4 is 4.90 Å². The predicted octanol–water partition coefficient (Wildman–Crippen LogP) is 3.66. The minimum atomic E-state index is -0.466. The number of carbonyl (C=O) groups is 1. The highest BCUT2D eigenvalue weighted by atomic mass is 19.1. The van der Waals surface area contributed by atoms with Crippen molar-refractivity contribution < 1.29 is 13.9 Å². The SMILES string of the molecule is CN(c1cccc(F)c1)C1CCN(C(=O)OC(C)(C)C)CC1. The van der Waals surface area contributed by atoms with Gasteiger partial charge >= 0.3 is 6.09 Å². The Morgan fingerprint density at radius 3 is 2.50 bits per heavy atom. The molecule has 1 saturated heterocycles. The molecule has 5 heteroatoms. The van der Waals surface area contributed by atoms with Crippen LogP contribution in [0.4, 0.5) is 14.9 Å². The molecule has 4 nitrogen and oxygen atoms in total. The molecule has 1 aromatic rings. The van der Waals surface area contributed by atoms with Gasteiger partial charge in [-0.2, -0.15) is 0 Å². The van der Waals surface area contributed by atoms with Gasteiger partial charge in [-0.25, -0.2) is 9.18 Å². The highest BCUT2D eigenvalue weighted by Crippen LogP contribution is 2.23. The predicted molar refractivity (Wildman–Crippen MR) is 85.6 cm³/mol. The second kappa shape index (κ2) is 6.55. The molecule has 1 aliphatic heterocycles. The van der Waals surface area contributed by atoms with Crippen molar-refractivity contribution in [2.24, 2.45) is 0 Å². The van der Waals surface area contributed by atoms with Crippen LogP contribution in [0.5, 0.6) is 0 Å². The number of hydrogen-bond acceptors (Lipinski definition) is 3.